The minimum atomic E-state index is -0.0550. The fourth-order valence-electron chi connectivity index (χ4n) is 2.45. The second-order valence-corrected chi connectivity index (χ2v) is 4.98. The van der Waals surface area contributed by atoms with E-state index in [2.05, 4.69) is 5.10 Å². The molecule has 1 aromatic rings. The van der Waals surface area contributed by atoms with Gasteiger partial charge in [0.25, 0.3) is 5.91 Å². The Bertz CT molecular complexity index is 436. The van der Waals surface area contributed by atoms with E-state index in [0.717, 1.165) is 32.5 Å². The van der Waals surface area contributed by atoms with Gasteiger partial charge in [-0.05, 0) is 25.7 Å². The predicted octanol–water partition coefficient (Wildman–Crippen LogP) is 0.984. The largest absolute Gasteiger partial charge is 0.396 e. The Morgan fingerprint density at radius 3 is 2.74 bits per heavy atom. The molecule has 0 bridgehead atoms. The van der Waals surface area contributed by atoms with Gasteiger partial charge in [-0.15, -0.1) is 0 Å². The lowest BCUT2D eigenvalue weighted by atomic mass is 9.97. The normalized spacial score (nSPS) is 16.8. The van der Waals surface area contributed by atoms with Crippen molar-refractivity contribution in [3.8, 4) is 0 Å². The number of hydrogen-bond donors (Lipinski definition) is 1. The number of rotatable bonds is 4. The number of nitrogens with two attached hydrogens (primary N) is 1. The van der Waals surface area contributed by atoms with Crippen LogP contribution in [0, 0.1) is 5.92 Å². The number of carbonyl (C=O) groups excluding carboxylic acids is 1. The highest BCUT2D eigenvalue weighted by Crippen LogP contribution is 2.20. The molecule has 0 aromatic carbocycles. The van der Waals surface area contributed by atoms with Gasteiger partial charge in [-0.25, -0.2) is 0 Å². The average Bonchev–Trinajstić information content (AvgIpc) is 2.80. The van der Waals surface area contributed by atoms with Crippen molar-refractivity contribution >= 4 is 11.6 Å². The molecule has 0 spiro atoms. The van der Waals surface area contributed by atoms with Gasteiger partial charge in [-0.1, -0.05) is 0 Å². The van der Waals surface area contributed by atoms with Crippen LogP contribution >= 0.6 is 0 Å². The minimum Gasteiger partial charge on any atom is -0.396 e. The Hall–Kier alpha value is -1.56. The molecule has 2 rings (SSSR count). The number of methoxy groups -OCH3 is 1. The van der Waals surface area contributed by atoms with Gasteiger partial charge >= 0.3 is 0 Å². The Morgan fingerprint density at radius 1 is 1.53 bits per heavy atom. The van der Waals surface area contributed by atoms with E-state index in [1.165, 1.54) is 0 Å². The number of anilines is 1. The number of carbonyl (C=O) groups is 1. The number of hydrogen-bond acceptors (Lipinski definition) is 4. The van der Waals surface area contributed by atoms with Gasteiger partial charge in [0.2, 0.25) is 0 Å². The van der Waals surface area contributed by atoms with Gasteiger partial charge < -0.3 is 15.4 Å². The zero-order valence-electron chi connectivity index (χ0n) is 11.6. The van der Waals surface area contributed by atoms with Crippen molar-refractivity contribution < 1.29 is 9.53 Å². The van der Waals surface area contributed by atoms with Crippen LogP contribution in [0.15, 0.2) is 6.20 Å². The molecule has 0 aliphatic carbocycles. The molecule has 19 heavy (non-hydrogen) atoms. The van der Waals surface area contributed by atoms with Crippen molar-refractivity contribution in [3.63, 3.8) is 0 Å². The van der Waals surface area contributed by atoms with Crippen molar-refractivity contribution in [3.05, 3.63) is 11.9 Å². The lowest BCUT2D eigenvalue weighted by molar-refractivity contribution is 0.0608. The van der Waals surface area contributed by atoms with Crippen LogP contribution in [0.2, 0.25) is 0 Å². The Kier molecular flexibility index (Phi) is 4.42. The molecule has 0 saturated carbocycles. The first-order valence-electron chi connectivity index (χ1n) is 6.76. The second-order valence-electron chi connectivity index (χ2n) is 4.98. The van der Waals surface area contributed by atoms with E-state index >= 15 is 0 Å². The number of piperidine rings is 1. The zero-order valence-corrected chi connectivity index (χ0v) is 11.6. The molecule has 1 aromatic heterocycles. The third-order valence-corrected chi connectivity index (χ3v) is 3.62. The molecule has 1 amide bonds. The van der Waals surface area contributed by atoms with E-state index in [1.807, 2.05) is 11.8 Å². The highest BCUT2D eigenvalue weighted by Gasteiger charge is 2.26. The molecule has 106 valence electrons. The third kappa shape index (κ3) is 3.07. The summed E-state index contributed by atoms with van der Waals surface area (Å²) in [6.45, 7) is 4.97. The van der Waals surface area contributed by atoms with Crippen LogP contribution in [0.25, 0.3) is 0 Å². The molecule has 0 atom stereocenters. The smallest absolute Gasteiger partial charge is 0.276 e. The number of aromatic nitrogens is 2. The van der Waals surface area contributed by atoms with Gasteiger partial charge in [0, 0.05) is 39.5 Å². The number of ether oxygens (including phenoxy) is 1. The maximum absolute atomic E-state index is 12.4. The number of nitrogen functional groups attached to an aromatic ring is 1. The van der Waals surface area contributed by atoms with Gasteiger partial charge in [0.1, 0.15) is 0 Å². The highest BCUT2D eigenvalue weighted by molar-refractivity contribution is 5.97. The summed E-state index contributed by atoms with van der Waals surface area (Å²) in [7, 11) is 1.72. The molecule has 1 aliphatic heterocycles. The zero-order chi connectivity index (χ0) is 13.8. The number of amides is 1. The molecular weight excluding hydrogens is 244 g/mol. The second kappa shape index (κ2) is 6.06. The maximum atomic E-state index is 12.4. The molecule has 2 heterocycles. The first kappa shape index (κ1) is 13.9. The number of aryl methyl sites for hydroxylation is 1. The molecule has 0 radical (unpaired) electrons. The van der Waals surface area contributed by atoms with Crippen molar-refractivity contribution in [2.45, 2.75) is 26.3 Å². The minimum absolute atomic E-state index is 0.0550. The van der Waals surface area contributed by atoms with Crippen molar-refractivity contribution in [2.75, 3.05) is 32.5 Å². The quantitative estimate of drug-likeness (QED) is 0.881. The summed E-state index contributed by atoms with van der Waals surface area (Å²) in [6, 6.07) is 0. The Balaban J connectivity index is 1.99. The van der Waals surface area contributed by atoms with Gasteiger partial charge in [0.05, 0.1) is 5.69 Å². The van der Waals surface area contributed by atoms with Crippen LogP contribution in [-0.2, 0) is 11.3 Å². The molecule has 0 unspecified atom stereocenters. The molecular formula is C13H22N4O2. The predicted molar refractivity (Wildman–Crippen MR) is 72.8 cm³/mol. The van der Waals surface area contributed by atoms with Crippen LogP contribution in [0.4, 0.5) is 5.69 Å². The monoisotopic (exact) mass is 266 g/mol. The third-order valence-electron chi connectivity index (χ3n) is 3.62. The molecule has 1 aliphatic rings. The van der Waals surface area contributed by atoms with Gasteiger partial charge in [-0.3, -0.25) is 9.48 Å². The van der Waals surface area contributed by atoms with Crippen molar-refractivity contribution in [1.29, 1.82) is 0 Å². The Labute approximate surface area is 113 Å². The lowest BCUT2D eigenvalue weighted by Crippen LogP contribution is -2.39. The first-order chi connectivity index (χ1) is 9.15. The number of nitrogens with zero attached hydrogens (tertiary/aromatic N) is 3. The topological polar surface area (TPSA) is 73.4 Å². The summed E-state index contributed by atoms with van der Waals surface area (Å²) in [4.78, 5) is 14.2. The van der Waals surface area contributed by atoms with Crippen LogP contribution in [0.5, 0.6) is 0 Å². The van der Waals surface area contributed by atoms with Crippen molar-refractivity contribution in [1.82, 2.24) is 14.7 Å². The summed E-state index contributed by atoms with van der Waals surface area (Å²) in [5.74, 6) is 0.500. The molecule has 1 saturated heterocycles. The van der Waals surface area contributed by atoms with Crippen LogP contribution in [0.3, 0.4) is 0 Å². The molecule has 6 heteroatoms. The Morgan fingerprint density at radius 2 is 2.21 bits per heavy atom. The lowest BCUT2D eigenvalue weighted by Gasteiger charge is -2.31. The fourth-order valence-corrected chi connectivity index (χ4v) is 2.45. The average molecular weight is 266 g/mol. The van der Waals surface area contributed by atoms with Gasteiger partial charge in [0.15, 0.2) is 5.69 Å². The van der Waals surface area contributed by atoms with E-state index < -0.39 is 0 Å². The van der Waals surface area contributed by atoms with Gasteiger partial charge in [-0.2, -0.15) is 5.10 Å². The SMILES string of the molecule is CCn1cc(N)c(C(=O)N2CCC(COC)CC2)n1. The van der Waals surface area contributed by atoms with E-state index in [-0.39, 0.29) is 5.91 Å². The van der Waals surface area contributed by atoms with E-state index in [9.17, 15) is 4.79 Å². The molecule has 1 fully saturated rings. The highest BCUT2D eigenvalue weighted by atomic mass is 16.5. The summed E-state index contributed by atoms with van der Waals surface area (Å²) >= 11 is 0. The van der Waals surface area contributed by atoms with Crippen LogP contribution in [-0.4, -0.2) is 47.4 Å². The van der Waals surface area contributed by atoms with Crippen LogP contribution < -0.4 is 5.73 Å². The maximum Gasteiger partial charge on any atom is 0.276 e. The van der Waals surface area contributed by atoms with E-state index in [4.69, 9.17) is 10.5 Å². The van der Waals surface area contributed by atoms with E-state index in [0.29, 0.717) is 23.8 Å². The first-order valence-corrected chi connectivity index (χ1v) is 6.76. The van der Waals surface area contributed by atoms with Crippen molar-refractivity contribution in [2.24, 2.45) is 5.92 Å². The summed E-state index contributed by atoms with van der Waals surface area (Å²) in [5, 5.41) is 4.23. The summed E-state index contributed by atoms with van der Waals surface area (Å²) in [6.07, 6.45) is 3.67. The summed E-state index contributed by atoms with van der Waals surface area (Å²) in [5.41, 5.74) is 6.69. The standard InChI is InChI=1S/C13H22N4O2/c1-3-17-8-11(14)12(15-17)13(18)16-6-4-10(5-7-16)9-19-2/h8,10H,3-7,9,14H2,1-2H3. The molecule has 2 N–H and O–H groups in total. The number of likely N-dealkylation sites (tertiary alicyclic amines) is 1. The van der Waals surface area contributed by atoms with E-state index in [1.54, 1.807) is 18.0 Å². The fraction of sp³-hybridized carbons (Fsp3) is 0.692. The summed E-state index contributed by atoms with van der Waals surface area (Å²) < 4.78 is 6.85. The molecule has 6 nitrogen and oxygen atoms in total. The van der Waals surface area contributed by atoms with Crippen LogP contribution in [0.1, 0.15) is 30.3 Å².